The Morgan fingerprint density at radius 2 is 1.88 bits per heavy atom. The number of H-pyrrole nitrogens is 1. The van der Waals surface area contributed by atoms with Gasteiger partial charge in [0, 0.05) is 6.54 Å². The number of aromatic nitrogens is 4. The molecule has 0 atom stereocenters. The summed E-state index contributed by atoms with van der Waals surface area (Å²) >= 11 is 0. The number of ether oxygens (including phenoxy) is 1. The standard InChI is InChI=1S/C18H17N5O2/c1-25-13-8-6-12(7-9-13)10-19-11-16-21-22-18-20-17(24)14-4-2-3-5-15(14)23(16)18/h2-9,19H,10-11H2,1H3,(H,20,22,24). The van der Waals surface area contributed by atoms with Crippen LogP contribution in [0.3, 0.4) is 0 Å². The number of benzene rings is 2. The van der Waals surface area contributed by atoms with Gasteiger partial charge in [-0.25, -0.2) is 0 Å². The minimum absolute atomic E-state index is 0.159. The Morgan fingerprint density at radius 1 is 1.08 bits per heavy atom. The van der Waals surface area contributed by atoms with Crippen LogP contribution in [0.25, 0.3) is 16.7 Å². The van der Waals surface area contributed by atoms with Gasteiger partial charge in [-0.1, -0.05) is 24.3 Å². The Labute approximate surface area is 143 Å². The number of methoxy groups -OCH3 is 1. The Morgan fingerprint density at radius 3 is 2.68 bits per heavy atom. The molecule has 7 nitrogen and oxygen atoms in total. The highest BCUT2D eigenvalue weighted by Gasteiger charge is 2.11. The second-order valence-electron chi connectivity index (χ2n) is 5.70. The van der Waals surface area contributed by atoms with Gasteiger partial charge in [-0.05, 0) is 29.8 Å². The first-order chi connectivity index (χ1) is 12.3. The van der Waals surface area contributed by atoms with E-state index in [1.807, 2.05) is 46.9 Å². The smallest absolute Gasteiger partial charge is 0.260 e. The lowest BCUT2D eigenvalue weighted by Crippen LogP contribution is -2.16. The fraction of sp³-hybridized carbons (Fsp3) is 0.167. The third kappa shape index (κ3) is 2.85. The van der Waals surface area contributed by atoms with E-state index < -0.39 is 0 Å². The van der Waals surface area contributed by atoms with Crippen molar-refractivity contribution in [3.05, 3.63) is 70.3 Å². The average Bonchev–Trinajstić information content (AvgIpc) is 3.05. The van der Waals surface area contributed by atoms with Crippen LogP contribution < -0.4 is 15.6 Å². The molecule has 0 spiro atoms. The van der Waals surface area contributed by atoms with Gasteiger partial charge in [-0.3, -0.25) is 14.2 Å². The van der Waals surface area contributed by atoms with Crippen molar-refractivity contribution in [3.8, 4) is 5.75 Å². The molecule has 4 aromatic rings. The van der Waals surface area contributed by atoms with E-state index in [0.717, 1.165) is 22.7 Å². The molecule has 0 aliphatic heterocycles. The zero-order chi connectivity index (χ0) is 17.2. The van der Waals surface area contributed by atoms with Crippen LogP contribution >= 0.6 is 0 Å². The second kappa shape index (κ2) is 6.37. The summed E-state index contributed by atoms with van der Waals surface area (Å²) in [5, 5.41) is 12.3. The van der Waals surface area contributed by atoms with Gasteiger partial charge in [0.1, 0.15) is 5.75 Å². The van der Waals surface area contributed by atoms with E-state index in [9.17, 15) is 4.79 Å². The third-order valence-corrected chi connectivity index (χ3v) is 4.12. The molecule has 0 amide bonds. The van der Waals surface area contributed by atoms with Gasteiger partial charge in [-0.15, -0.1) is 10.2 Å². The van der Waals surface area contributed by atoms with Gasteiger partial charge in [0.15, 0.2) is 5.82 Å². The first-order valence-corrected chi connectivity index (χ1v) is 7.95. The van der Waals surface area contributed by atoms with E-state index in [-0.39, 0.29) is 5.56 Å². The SMILES string of the molecule is COc1ccc(CNCc2nnc3[nH]c(=O)c4ccccc4n23)cc1. The van der Waals surface area contributed by atoms with Crippen molar-refractivity contribution in [3.63, 3.8) is 0 Å². The molecular formula is C18H17N5O2. The molecule has 0 saturated heterocycles. The topological polar surface area (TPSA) is 84.3 Å². The molecule has 0 fully saturated rings. The first kappa shape index (κ1) is 15.3. The summed E-state index contributed by atoms with van der Waals surface area (Å²) in [7, 11) is 1.65. The average molecular weight is 335 g/mol. The van der Waals surface area contributed by atoms with E-state index in [4.69, 9.17) is 4.74 Å². The van der Waals surface area contributed by atoms with Gasteiger partial charge in [-0.2, -0.15) is 0 Å². The van der Waals surface area contributed by atoms with E-state index in [1.165, 1.54) is 0 Å². The maximum absolute atomic E-state index is 12.1. The summed E-state index contributed by atoms with van der Waals surface area (Å²) < 4.78 is 7.03. The summed E-state index contributed by atoms with van der Waals surface area (Å²) in [5.41, 5.74) is 1.79. The summed E-state index contributed by atoms with van der Waals surface area (Å²) in [6.07, 6.45) is 0. The van der Waals surface area contributed by atoms with Crippen molar-refractivity contribution in [1.82, 2.24) is 24.9 Å². The number of fused-ring (bicyclic) bond motifs is 3. The predicted octanol–water partition coefficient (Wildman–Crippen LogP) is 1.87. The number of para-hydroxylation sites is 1. The molecule has 0 unspecified atom stereocenters. The Balaban J connectivity index is 1.59. The molecule has 25 heavy (non-hydrogen) atoms. The number of aromatic amines is 1. The second-order valence-corrected chi connectivity index (χ2v) is 5.70. The highest BCUT2D eigenvalue weighted by molar-refractivity contribution is 5.79. The van der Waals surface area contributed by atoms with E-state index in [0.29, 0.717) is 24.3 Å². The molecule has 2 aromatic carbocycles. The number of rotatable bonds is 5. The Hall–Kier alpha value is -3.19. The van der Waals surface area contributed by atoms with Crippen molar-refractivity contribution in [1.29, 1.82) is 0 Å². The van der Waals surface area contributed by atoms with Crippen LogP contribution in [0.1, 0.15) is 11.4 Å². The lowest BCUT2D eigenvalue weighted by molar-refractivity contribution is 0.414. The molecule has 7 heteroatoms. The minimum Gasteiger partial charge on any atom is -0.497 e. The normalized spacial score (nSPS) is 11.2. The van der Waals surface area contributed by atoms with Crippen molar-refractivity contribution in [2.45, 2.75) is 13.1 Å². The molecule has 0 aliphatic rings. The highest BCUT2D eigenvalue weighted by atomic mass is 16.5. The summed E-state index contributed by atoms with van der Waals surface area (Å²) in [6.45, 7) is 1.23. The summed E-state index contributed by atoms with van der Waals surface area (Å²) in [6, 6.07) is 15.3. The van der Waals surface area contributed by atoms with E-state index in [2.05, 4.69) is 20.5 Å². The van der Waals surface area contributed by atoms with Crippen LogP contribution in [0.5, 0.6) is 5.75 Å². The van der Waals surface area contributed by atoms with Crippen LogP contribution in [0.15, 0.2) is 53.3 Å². The molecule has 126 valence electrons. The first-order valence-electron chi connectivity index (χ1n) is 7.95. The van der Waals surface area contributed by atoms with Crippen molar-refractivity contribution in [2.24, 2.45) is 0 Å². The van der Waals surface area contributed by atoms with E-state index >= 15 is 0 Å². The Kier molecular flexibility index (Phi) is 3.91. The van der Waals surface area contributed by atoms with Gasteiger partial charge in [0.05, 0.1) is 24.6 Å². The van der Waals surface area contributed by atoms with Crippen molar-refractivity contribution < 1.29 is 4.74 Å². The number of nitrogens with zero attached hydrogens (tertiary/aromatic N) is 3. The van der Waals surface area contributed by atoms with Crippen molar-refractivity contribution >= 4 is 16.7 Å². The van der Waals surface area contributed by atoms with Gasteiger partial charge in [0.25, 0.3) is 5.56 Å². The fourth-order valence-electron chi connectivity index (χ4n) is 2.86. The maximum Gasteiger partial charge on any atom is 0.260 e. The van der Waals surface area contributed by atoms with Crippen LogP contribution in [0, 0.1) is 0 Å². The largest absolute Gasteiger partial charge is 0.497 e. The molecule has 0 saturated carbocycles. The molecule has 2 heterocycles. The monoisotopic (exact) mass is 335 g/mol. The van der Waals surface area contributed by atoms with Crippen LogP contribution in [-0.2, 0) is 13.1 Å². The predicted molar refractivity (Wildman–Crippen MR) is 94.7 cm³/mol. The van der Waals surface area contributed by atoms with Crippen LogP contribution in [-0.4, -0.2) is 26.7 Å². The lowest BCUT2D eigenvalue weighted by Gasteiger charge is -2.07. The van der Waals surface area contributed by atoms with Gasteiger partial charge < -0.3 is 10.1 Å². The van der Waals surface area contributed by atoms with Gasteiger partial charge in [0.2, 0.25) is 5.78 Å². The van der Waals surface area contributed by atoms with E-state index in [1.54, 1.807) is 13.2 Å². The van der Waals surface area contributed by atoms with Gasteiger partial charge >= 0.3 is 0 Å². The maximum atomic E-state index is 12.1. The zero-order valence-electron chi connectivity index (χ0n) is 13.7. The van der Waals surface area contributed by atoms with Crippen molar-refractivity contribution in [2.75, 3.05) is 7.11 Å². The van der Waals surface area contributed by atoms with Crippen LogP contribution in [0.2, 0.25) is 0 Å². The lowest BCUT2D eigenvalue weighted by atomic mass is 10.2. The minimum atomic E-state index is -0.159. The zero-order valence-corrected chi connectivity index (χ0v) is 13.7. The molecule has 4 rings (SSSR count). The Bertz CT molecular complexity index is 1080. The number of hydrogen-bond donors (Lipinski definition) is 2. The fourth-order valence-corrected chi connectivity index (χ4v) is 2.86. The molecule has 2 aromatic heterocycles. The highest BCUT2D eigenvalue weighted by Crippen LogP contribution is 2.13. The van der Waals surface area contributed by atoms with Crippen LogP contribution in [0.4, 0.5) is 0 Å². The molecule has 2 N–H and O–H groups in total. The number of hydrogen-bond acceptors (Lipinski definition) is 5. The molecule has 0 radical (unpaired) electrons. The summed E-state index contributed by atoms with van der Waals surface area (Å²) in [5.74, 6) is 2.03. The summed E-state index contributed by atoms with van der Waals surface area (Å²) in [4.78, 5) is 14.9. The quantitative estimate of drug-likeness (QED) is 0.582. The molecule has 0 aliphatic carbocycles. The third-order valence-electron chi connectivity index (χ3n) is 4.12. The number of nitrogens with one attached hydrogen (secondary N) is 2. The molecular weight excluding hydrogens is 318 g/mol. The molecule has 0 bridgehead atoms.